The van der Waals surface area contributed by atoms with E-state index in [-0.39, 0.29) is 11.1 Å². The molecule has 0 aliphatic carbocycles. The standard InChI is InChI=1S/C10H20N2O/c1-9(2)7-8(11(5)6)10(3,4)12(9)13/h7,13H,1-6H3. The number of hydroxylamine groups is 2. The monoisotopic (exact) mass is 184 g/mol. The van der Waals surface area contributed by atoms with Crippen LogP contribution in [-0.2, 0) is 0 Å². The van der Waals surface area contributed by atoms with Gasteiger partial charge in [-0.1, -0.05) is 0 Å². The fourth-order valence-corrected chi connectivity index (χ4v) is 2.08. The summed E-state index contributed by atoms with van der Waals surface area (Å²) in [7, 11) is 4.01. The Morgan fingerprint density at radius 1 is 1.23 bits per heavy atom. The van der Waals surface area contributed by atoms with E-state index in [0.717, 1.165) is 5.70 Å². The molecule has 3 nitrogen and oxygen atoms in total. The van der Waals surface area contributed by atoms with Crippen LogP contribution in [0.1, 0.15) is 27.7 Å². The number of nitrogens with zero attached hydrogens (tertiary/aromatic N) is 2. The van der Waals surface area contributed by atoms with Crippen LogP contribution in [0.5, 0.6) is 0 Å². The Labute approximate surface area is 80.6 Å². The fraction of sp³-hybridized carbons (Fsp3) is 0.800. The molecule has 0 aromatic rings. The van der Waals surface area contributed by atoms with Gasteiger partial charge in [0.05, 0.1) is 11.1 Å². The minimum Gasteiger partial charge on any atom is -0.380 e. The zero-order chi connectivity index (χ0) is 10.4. The highest BCUT2D eigenvalue weighted by Crippen LogP contribution is 2.38. The lowest BCUT2D eigenvalue weighted by Gasteiger charge is -2.37. The van der Waals surface area contributed by atoms with Gasteiger partial charge in [0, 0.05) is 19.8 Å². The number of hydrogen-bond acceptors (Lipinski definition) is 3. The van der Waals surface area contributed by atoms with Crippen molar-refractivity contribution in [2.75, 3.05) is 14.1 Å². The van der Waals surface area contributed by atoms with Crippen LogP contribution in [0.15, 0.2) is 11.8 Å². The molecular weight excluding hydrogens is 164 g/mol. The maximum Gasteiger partial charge on any atom is 0.0806 e. The van der Waals surface area contributed by atoms with Gasteiger partial charge in [-0.2, -0.15) is 5.06 Å². The van der Waals surface area contributed by atoms with Crippen LogP contribution in [0, 0.1) is 0 Å². The lowest BCUT2D eigenvalue weighted by Crippen LogP contribution is -2.49. The van der Waals surface area contributed by atoms with E-state index in [2.05, 4.69) is 11.0 Å². The average Bonchev–Trinajstić information content (AvgIpc) is 2.11. The molecule has 0 atom stereocenters. The van der Waals surface area contributed by atoms with Crippen molar-refractivity contribution in [2.45, 2.75) is 38.8 Å². The maximum atomic E-state index is 9.96. The predicted octanol–water partition coefficient (Wildman–Crippen LogP) is 1.69. The molecule has 0 saturated heterocycles. The lowest BCUT2D eigenvalue weighted by atomic mass is 10.0. The first-order valence-electron chi connectivity index (χ1n) is 4.59. The van der Waals surface area contributed by atoms with Crippen LogP contribution >= 0.6 is 0 Å². The number of rotatable bonds is 1. The molecule has 0 aromatic carbocycles. The molecule has 3 heteroatoms. The first kappa shape index (κ1) is 10.5. The van der Waals surface area contributed by atoms with E-state index in [0.29, 0.717) is 0 Å². The van der Waals surface area contributed by atoms with E-state index in [9.17, 15) is 5.21 Å². The molecule has 0 radical (unpaired) electrons. The summed E-state index contributed by atoms with van der Waals surface area (Å²) < 4.78 is 0. The summed E-state index contributed by atoms with van der Waals surface area (Å²) in [6, 6.07) is 0. The van der Waals surface area contributed by atoms with Crippen molar-refractivity contribution >= 4 is 0 Å². The summed E-state index contributed by atoms with van der Waals surface area (Å²) >= 11 is 0. The SMILES string of the molecule is CN(C)C1=CC(C)(C)N(O)C1(C)C. The van der Waals surface area contributed by atoms with E-state index < -0.39 is 0 Å². The van der Waals surface area contributed by atoms with Crippen LogP contribution in [0.3, 0.4) is 0 Å². The molecule has 1 N–H and O–H groups in total. The van der Waals surface area contributed by atoms with Gasteiger partial charge in [0.25, 0.3) is 0 Å². The largest absolute Gasteiger partial charge is 0.380 e. The van der Waals surface area contributed by atoms with Gasteiger partial charge in [-0.05, 0) is 33.8 Å². The molecule has 1 aliphatic heterocycles. The fourth-order valence-electron chi connectivity index (χ4n) is 2.08. The molecular formula is C10H20N2O. The lowest BCUT2D eigenvalue weighted by molar-refractivity contribution is -0.187. The molecule has 1 aliphatic rings. The summed E-state index contributed by atoms with van der Waals surface area (Å²) in [5.41, 5.74) is 0.579. The summed E-state index contributed by atoms with van der Waals surface area (Å²) in [6.07, 6.45) is 2.10. The number of hydrogen-bond donors (Lipinski definition) is 1. The Bertz CT molecular complexity index is 241. The third-order valence-corrected chi connectivity index (χ3v) is 2.67. The summed E-state index contributed by atoms with van der Waals surface area (Å²) in [6.45, 7) is 8.05. The van der Waals surface area contributed by atoms with Crippen LogP contribution < -0.4 is 0 Å². The van der Waals surface area contributed by atoms with Crippen LogP contribution in [0.25, 0.3) is 0 Å². The van der Waals surface area contributed by atoms with Crippen LogP contribution in [-0.4, -0.2) is 40.3 Å². The highest BCUT2D eigenvalue weighted by Gasteiger charge is 2.45. The Morgan fingerprint density at radius 2 is 1.69 bits per heavy atom. The van der Waals surface area contributed by atoms with Gasteiger partial charge >= 0.3 is 0 Å². The second-order valence-corrected chi connectivity index (χ2v) is 4.95. The smallest absolute Gasteiger partial charge is 0.0806 e. The van der Waals surface area contributed by atoms with E-state index in [4.69, 9.17) is 0 Å². The van der Waals surface area contributed by atoms with Crippen LogP contribution in [0.2, 0.25) is 0 Å². The van der Waals surface area contributed by atoms with Crippen molar-refractivity contribution in [1.29, 1.82) is 0 Å². The highest BCUT2D eigenvalue weighted by atomic mass is 16.5. The molecule has 0 aromatic heterocycles. The van der Waals surface area contributed by atoms with Gasteiger partial charge in [0.15, 0.2) is 0 Å². The summed E-state index contributed by atoms with van der Waals surface area (Å²) in [5.74, 6) is 0. The normalized spacial score (nSPS) is 25.9. The molecule has 1 heterocycles. The zero-order valence-corrected chi connectivity index (χ0v) is 9.42. The van der Waals surface area contributed by atoms with Crippen molar-refractivity contribution in [3.63, 3.8) is 0 Å². The average molecular weight is 184 g/mol. The Kier molecular flexibility index (Phi) is 2.21. The molecule has 0 bridgehead atoms. The third-order valence-electron chi connectivity index (χ3n) is 2.67. The molecule has 0 unspecified atom stereocenters. The van der Waals surface area contributed by atoms with Crippen molar-refractivity contribution in [2.24, 2.45) is 0 Å². The second-order valence-electron chi connectivity index (χ2n) is 4.95. The van der Waals surface area contributed by atoms with Gasteiger partial charge < -0.3 is 10.1 Å². The van der Waals surface area contributed by atoms with Gasteiger partial charge in [0.1, 0.15) is 0 Å². The van der Waals surface area contributed by atoms with Crippen molar-refractivity contribution in [3.8, 4) is 0 Å². The van der Waals surface area contributed by atoms with Crippen molar-refractivity contribution in [1.82, 2.24) is 9.96 Å². The molecule has 0 amide bonds. The Hall–Kier alpha value is -0.540. The Morgan fingerprint density at radius 3 is 1.85 bits per heavy atom. The quantitative estimate of drug-likeness (QED) is 0.672. The van der Waals surface area contributed by atoms with Crippen molar-refractivity contribution < 1.29 is 5.21 Å². The molecule has 1 rings (SSSR count). The molecule has 76 valence electrons. The first-order chi connectivity index (χ1) is 5.69. The maximum absolute atomic E-state index is 9.96. The van der Waals surface area contributed by atoms with E-state index >= 15 is 0 Å². The summed E-state index contributed by atoms with van der Waals surface area (Å²) in [4.78, 5) is 2.05. The molecule has 0 spiro atoms. The van der Waals surface area contributed by atoms with E-state index in [1.165, 1.54) is 5.06 Å². The van der Waals surface area contributed by atoms with Crippen LogP contribution in [0.4, 0.5) is 0 Å². The minimum absolute atomic E-state index is 0.275. The highest BCUT2D eigenvalue weighted by molar-refractivity contribution is 5.28. The van der Waals surface area contributed by atoms with Gasteiger partial charge in [-0.15, -0.1) is 0 Å². The van der Waals surface area contributed by atoms with Gasteiger partial charge in [-0.25, -0.2) is 0 Å². The molecule has 13 heavy (non-hydrogen) atoms. The predicted molar refractivity (Wildman–Crippen MR) is 53.6 cm³/mol. The minimum atomic E-state index is -0.299. The molecule has 0 saturated carbocycles. The first-order valence-corrected chi connectivity index (χ1v) is 4.59. The van der Waals surface area contributed by atoms with E-state index in [1.807, 2.05) is 41.8 Å². The van der Waals surface area contributed by atoms with Crippen molar-refractivity contribution in [3.05, 3.63) is 11.8 Å². The second kappa shape index (κ2) is 2.72. The van der Waals surface area contributed by atoms with Gasteiger partial charge in [0.2, 0.25) is 0 Å². The topological polar surface area (TPSA) is 26.7 Å². The number of likely N-dealkylation sites (N-methyl/N-ethyl adjacent to an activating group) is 1. The Balaban J connectivity index is 3.10. The molecule has 0 fully saturated rings. The zero-order valence-electron chi connectivity index (χ0n) is 9.42. The van der Waals surface area contributed by atoms with E-state index in [1.54, 1.807) is 0 Å². The van der Waals surface area contributed by atoms with Gasteiger partial charge in [-0.3, -0.25) is 0 Å². The summed E-state index contributed by atoms with van der Waals surface area (Å²) in [5, 5.41) is 11.4. The third kappa shape index (κ3) is 1.46.